The molecule has 2 aromatic rings. The molecule has 2 heterocycles. The number of amides is 1. The fraction of sp³-hybridized carbons (Fsp3) is 0.400. The summed E-state index contributed by atoms with van der Waals surface area (Å²) in [5, 5.41) is 7.15. The van der Waals surface area contributed by atoms with Gasteiger partial charge in [0.1, 0.15) is 5.56 Å². The lowest BCUT2D eigenvalue weighted by Crippen LogP contribution is -2.14. The maximum Gasteiger partial charge on any atom is 0.261 e. The lowest BCUT2D eigenvalue weighted by molar-refractivity contribution is 0.102. The van der Waals surface area contributed by atoms with E-state index in [1.165, 1.54) is 7.11 Å². The molecule has 112 valence electrons. The molecule has 0 bridgehead atoms. The van der Waals surface area contributed by atoms with Crippen LogP contribution in [0.15, 0.2) is 24.5 Å². The summed E-state index contributed by atoms with van der Waals surface area (Å²) in [6.07, 6.45) is 3.25. The van der Waals surface area contributed by atoms with Crippen LogP contribution in [0.3, 0.4) is 0 Å². The molecular weight excluding hydrogens is 268 g/mol. The third kappa shape index (κ3) is 3.39. The van der Waals surface area contributed by atoms with Gasteiger partial charge >= 0.3 is 0 Å². The van der Waals surface area contributed by atoms with Crippen LogP contribution in [0.25, 0.3) is 0 Å². The van der Waals surface area contributed by atoms with Gasteiger partial charge in [0.05, 0.1) is 24.7 Å². The topological polar surface area (TPSA) is 69.0 Å². The molecule has 0 aliphatic carbocycles. The summed E-state index contributed by atoms with van der Waals surface area (Å²) in [5.74, 6) is 0.542. The van der Waals surface area contributed by atoms with Crippen LogP contribution in [-0.4, -0.2) is 27.8 Å². The molecule has 0 saturated carbocycles. The van der Waals surface area contributed by atoms with Crippen molar-refractivity contribution in [3.8, 4) is 5.88 Å². The van der Waals surface area contributed by atoms with E-state index in [1.54, 1.807) is 24.5 Å². The maximum atomic E-state index is 12.3. The normalized spacial score (nSPS) is 10.7. The van der Waals surface area contributed by atoms with Gasteiger partial charge in [0.15, 0.2) is 0 Å². The van der Waals surface area contributed by atoms with Gasteiger partial charge in [-0.15, -0.1) is 0 Å². The molecule has 0 radical (unpaired) electrons. The molecule has 0 aliphatic rings. The van der Waals surface area contributed by atoms with E-state index >= 15 is 0 Å². The van der Waals surface area contributed by atoms with Gasteiger partial charge in [-0.2, -0.15) is 5.10 Å². The van der Waals surface area contributed by atoms with Crippen molar-refractivity contribution in [3.05, 3.63) is 35.8 Å². The summed E-state index contributed by atoms with van der Waals surface area (Å²) in [5.41, 5.74) is 2.03. The molecule has 0 aromatic carbocycles. The van der Waals surface area contributed by atoms with E-state index in [1.807, 2.05) is 11.6 Å². The van der Waals surface area contributed by atoms with E-state index in [2.05, 4.69) is 29.2 Å². The molecule has 0 atom stereocenters. The Bertz CT molecular complexity index is 634. The van der Waals surface area contributed by atoms with Crippen molar-refractivity contribution in [2.45, 2.75) is 27.3 Å². The van der Waals surface area contributed by atoms with E-state index in [0.717, 1.165) is 12.2 Å². The van der Waals surface area contributed by atoms with Gasteiger partial charge < -0.3 is 10.1 Å². The molecule has 0 unspecified atom stereocenters. The summed E-state index contributed by atoms with van der Waals surface area (Å²) < 4.78 is 6.99. The number of anilines is 1. The molecule has 1 amide bonds. The third-order valence-electron chi connectivity index (χ3n) is 3.10. The predicted octanol–water partition coefficient (Wildman–Crippen LogP) is 2.50. The predicted molar refractivity (Wildman–Crippen MR) is 80.5 cm³/mol. The molecule has 1 N–H and O–H groups in total. The van der Waals surface area contributed by atoms with Gasteiger partial charge in [-0.1, -0.05) is 13.8 Å². The van der Waals surface area contributed by atoms with E-state index in [-0.39, 0.29) is 5.91 Å². The van der Waals surface area contributed by atoms with Crippen LogP contribution < -0.4 is 10.1 Å². The fourth-order valence-corrected chi connectivity index (χ4v) is 2.02. The first-order valence-corrected chi connectivity index (χ1v) is 6.85. The Labute approximate surface area is 124 Å². The number of hydrogen-bond acceptors (Lipinski definition) is 4. The summed E-state index contributed by atoms with van der Waals surface area (Å²) >= 11 is 0. The van der Waals surface area contributed by atoms with Crippen LogP contribution in [-0.2, 0) is 6.54 Å². The zero-order valence-electron chi connectivity index (χ0n) is 12.8. The SMILES string of the molecule is COc1ncccc1C(=O)Nc1cnn(CC(C)C)c1C. The lowest BCUT2D eigenvalue weighted by Gasteiger charge is -2.09. The molecular formula is C15H20N4O2. The quantitative estimate of drug-likeness (QED) is 0.917. The summed E-state index contributed by atoms with van der Waals surface area (Å²) in [4.78, 5) is 16.3. The number of nitrogens with one attached hydrogen (secondary N) is 1. The van der Waals surface area contributed by atoms with E-state index in [0.29, 0.717) is 23.0 Å². The number of pyridine rings is 1. The van der Waals surface area contributed by atoms with Gasteiger partial charge in [0.25, 0.3) is 5.91 Å². The number of carbonyl (C=O) groups is 1. The minimum Gasteiger partial charge on any atom is -0.480 e. The largest absolute Gasteiger partial charge is 0.480 e. The highest BCUT2D eigenvalue weighted by Crippen LogP contribution is 2.19. The molecule has 21 heavy (non-hydrogen) atoms. The average Bonchev–Trinajstić information content (AvgIpc) is 2.79. The molecule has 2 rings (SSSR count). The van der Waals surface area contributed by atoms with Gasteiger partial charge in [0.2, 0.25) is 5.88 Å². The highest BCUT2D eigenvalue weighted by atomic mass is 16.5. The van der Waals surface area contributed by atoms with Crippen LogP contribution >= 0.6 is 0 Å². The minimum absolute atomic E-state index is 0.257. The first kappa shape index (κ1) is 15.0. The Morgan fingerprint density at radius 2 is 2.24 bits per heavy atom. The summed E-state index contributed by atoms with van der Waals surface area (Å²) in [6.45, 7) is 7.00. The summed E-state index contributed by atoms with van der Waals surface area (Å²) in [7, 11) is 1.49. The standard InChI is InChI=1S/C15H20N4O2/c1-10(2)9-19-11(3)13(8-17-19)18-14(20)12-6-5-7-16-15(12)21-4/h5-8,10H,9H2,1-4H3,(H,18,20). The van der Waals surface area contributed by atoms with Crippen molar-refractivity contribution in [2.75, 3.05) is 12.4 Å². The molecule has 0 aliphatic heterocycles. The van der Waals surface area contributed by atoms with Crippen LogP contribution in [0.1, 0.15) is 29.9 Å². The Kier molecular flexibility index (Phi) is 4.57. The second-order valence-corrected chi connectivity index (χ2v) is 5.23. The Morgan fingerprint density at radius 1 is 1.48 bits per heavy atom. The maximum absolute atomic E-state index is 12.3. The van der Waals surface area contributed by atoms with E-state index in [9.17, 15) is 4.79 Å². The summed E-state index contributed by atoms with van der Waals surface area (Å²) in [6, 6.07) is 3.38. The third-order valence-corrected chi connectivity index (χ3v) is 3.10. The van der Waals surface area contributed by atoms with Crippen molar-refractivity contribution in [1.29, 1.82) is 0 Å². The number of nitrogens with zero attached hydrogens (tertiary/aromatic N) is 3. The number of ether oxygens (including phenoxy) is 1. The number of rotatable bonds is 5. The number of methoxy groups -OCH3 is 1. The van der Waals surface area contributed by atoms with E-state index in [4.69, 9.17) is 4.74 Å². The Morgan fingerprint density at radius 3 is 2.90 bits per heavy atom. The molecule has 2 aromatic heterocycles. The fourth-order valence-electron chi connectivity index (χ4n) is 2.02. The van der Waals surface area contributed by atoms with Crippen molar-refractivity contribution < 1.29 is 9.53 Å². The number of hydrogen-bond donors (Lipinski definition) is 1. The van der Waals surface area contributed by atoms with E-state index < -0.39 is 0 Å². The van der Waals surface area contributed by atoms with Gasteiger partial charge in [-0.25, -0.2) is 4.98 Å². The monoisotopic (exact) mass is 288 g/mol. The zero-order valence-corrected chi connectivity index (χ0v) is 12.8. The highest BCUT2D eigenvalue weighted by molar-refractivity contribution is 6.06. The van der Waals surface area contributed by atoms with Crippen LogP contribution in [0.2, 0.25) is 0 Å². The number of aromatic nitrogens is 3. The number of carbonyl (C=O) groups excluding carboxylic acids is 1. The second-order valence-electron chi connectivity index (χ2n) is 5.23. The van der Waals surface area contributed by atoms with Crippen molar-refractivity contribution >= 4 is 11.6 Å². The van der Waals surface area contributed by atoms with Crippen LogP contribution in [0, 0.1) is 12.8 Å². The minimum atomic E-state index is -0.257. The molecule has 0 fully saturated rings. The lowest BCUT2D eigenvalue weighted by atomic mass is 10.2. The van der Waals surface area contributed by atoms with Crippen molar-refractivity contribution in [3.63, 3.8) is 0 Å². The smallest absolute Gasteiger partial charge is 0.261 e. The van der Waals surface area contributed by atoms with Gasteiger partial charge in [-0.05, 0) is 25.0 Å². The van der Waals surface area contributed by atoms with Crippen molar-refractivity contribution in [1.82, 2.24) is 14.8 Å². The average molecular weight is 288 g/mol. The zero-order chi connectivity index (χ0) is 15.4. The van der Waals surface area contributed by atoms with Crippen LogP contribution in [0.4, 0.5) is 5.69 Å². The Balaban J connectivity index is 2.18. The molecule has 0 saturated heterocycles. The van der Waals surface area contributed by atoms with Gasteiger partial charge in [-0.3, -0.25) is 9.48 Å². The van der Waals surface area contributed by atoms with Crippen molar-refractivity contribution in [2.24, 2.45) is 5.92 Å². The first-order valence-electron chi connectivity index (χ1n) is 6.85. The first-order chi connectivity index (χ1) is 10.0. The highest BCUT2D eigenvalue weighted by Gasteiger charge is 2.16. The molecule has 6 nitrogen and oxygen atoms in total. The van der Waals surface area contributed by atoms with Gasteiger partial charge in [0, 0.05) is 12.7 Å². The molecule has 6 heteroatoms. The molecule has 0 spiro atoms. The van der Waals surface area contributed by atoms with Crippen LogP contribution in [0.5, 0.6) is 5.88 Å². The second kappa shape index (κ2) is 6.39. The Hall–Kier alpha value is -2.37.